The van der Waals surface area contributed by atoms with Gasteiger partial charge in [-0.3, -0.25) is 9.59 Å². The third kappa shape index (κ3) is 3.37. The number of β-amino-alcohol motifs (C(OH)–C–C–N with tert-alkyl or cyclic N) is 1. The van der Waals surface area contributed by atoms with Crippen molar-refractivity contribution in [2.45, 2.75) is 18.7 Å². The Morgan fingerprint density at radius 1 is 1.56 bits per heavy atom. The van der Waals surface area contributed by atoms with Crippen LogP contribution in [0.4, 0.5) is 13.2 Å². The average Bonchev–Trinajstić information content (AvgIpc) is 2.43. The van der Waals surface area contributed by atoms with Crippen LogP contribution < -0.4 is 10.6 Å². The second kappa shape index (κ2) is 4.69. The Bertz CT molecular complexity index is 293. The van der Waals surface area contributed by atoms with Crippen LogP contribution in [0.15, 0.2) is 0 Å². The molecule has 16 heavy (non-hydrogen) atoms. The zero-order chi connectivity index (χ0) is 12.3. The Hall–Kier alpha value is -1.31. The molecule has 0 saturated carbocycles. The molecule has 2 amide bonds. The topological polar surface area (TPSA) is 78.4 Å². The maximum absolute atomic E-state index is 11.8. The molecule has 1 aliphatic heterocycles. The molecular formula is C8H11F3N2O3. The van der Waals surface area contributed by atoms with Gasteiger partial charge < -0.3 is 15.7 Å². The second-order valence-corrected chi connectivity index (χ2v) is 3.45. The molecule has 1 heterocycles. The van der Waals surface area contributed by atoms with Crippen LogP contribution in [0.2, 0.25) is 0 Å². The lowest BCUT2D eigenvalue weighted by Crippen LogP contribution is -2.40. The van der Waals surface area contributed by atoms with Crippen molar-refractivity contribution in [2.75, 3.05) is 13.1 Å². The van der Waals surface area contributed by atoms with Gasteiger partial charge in [-0.2, -0.15) is 13.2 Å². The van der Waals surface area contributed by atoms with Gasteiger partial charge in [0.1, 0.15) is 5.92 Å². The number of rotatable bonds is 3. The minimum absolute atomic E-state index is 0.0593. The number of hydrogen-bond donors (Lipinski definition) is 3. The van der Waals surface area contributed by atoms with Gasteiger partial charge in [0.15, 0.2) is 0 Å². The summed E-state index contributed by atoms with van der Waals surface area (Å²) in [5, 5.41) is 13.4. The largest absolute Gasteiger partial charge is 0.390 e. The van der Waals surface area contributed by atoms with E-state index in [0.717, 1.165) is 0 Å². The van der Waals surface area contributed by atoms with Gasteiger partial charge in [-0.05, 0) is 0 Å². The van der Waals surface area contributed by atoms with E-state index in [1.165, 1.54) is 0 Å². The molecule has 2 atom stereocenters. The van der Waals surface area contributed by atoms with Crippen molar-refractivity contribution in [2.24, 2.45) is 5.92 Å². The first-order valence-electron chi connectivity index (χ1n) is 4.61. The molecule has 8 heteroatoms. The van der Waals surface area contributed by atoms with E-state index in [1.807, 2.05) is 5.32 Å². The first-order chi connectivity index (χ1) is 7.31. The summed E-state index contributed by atoms with van der Waals surface area (Å²) in [4.78, 5) is 22.3. The van der Waals surface area contributed by atoms with Crippen LogP contribution in [0.5, 0.6) is 0 Å². The molecule has 2 unspecified atom stereocenters. The lowest BCUT2D eigenvalue weighted by Gasteiger charge is -2.12. The van der Waals surface area contributed by atoms with Crippen molar-refractivity contribution in [3.63, 3.8) is 0 Å². The van der Waals surface area contributed by atoms with Crippen LogP contribution in [-0.4, -0.2) is 42.3 Å². The Labute approximate surface area is 89.0 Å². The molecule has 1 saturated heterocycles. The Morgan fingerprint density at radius 2 is 2.19 bits per heavy atom. The molecule has 92 valence electrons. The van der Waals surface area contributed by atoms with E-state index in [1.54, 1.807) is 0 Å². The summed E-state index contributed by atoms with van der Waals surface area (Å²) in [6, 6.07) is 0. The number of hydrogen-bond acceptors (Lipinski definition) is 3. The summed E-state index contributed by atoms with van der Waals surface area (Å²) < 4.78 is 35.3. The third-order valence-corrected chi connectivity index (χ3v) is 2.14. The lowest BCUT2D eigenvalue weighted by atomic mass is 10.1. The van der Waals surface area contributed by atoms with Crippen LogP contribution in [0, 0.1) is 5.92 Å². The van der Waals surface area contributed by atoms with Crippen LogP contribution in [-0.2, 0) is 9.59 Å². The quantitative estimate of drug-likeness (QED) is 0.563. The Kier molecular flexibility index (Phi) is 3.74. The van der Waals surface area contributed by atoms with Gasteiger partial charge in [0.2, 0.25) is 11.8 Å². The standard InChI is InChI=1S/C8H11F3N2O3/c9-8(10,11)1-2-12-6(15)5-4(14)3-13-7(5)16/h4-5,14H,1-3H2,(H,12,15)(H,13,16). The third-order valence-electron chi connectivity index (χ3n) is 2.14. The van der Waals surface area contributed by atoms with Gasteiger partial charge in [-0.15, -0.1) is 0 Å². The summed E-state index contributed by atoms with van der Waals surface area (Å²) in [5.41, 5.74) is 0. The predicted molar refractivity (Wildman–Crippen MR) is 46.2 cm³/mol. The van der Waals surface area contributed by atoms with Crippen LogP contribution in [0.25, 0.3) is 0 Å². The molecule has 5 nitrogen and oxygen atoms in total. The van der Waals surface area contributed by atoms with E-state index >= 15 is 0 Å². The summed E-state index contributed by atoms with van der Waals surface area (Å²) >= 11 is 0. The number of halogens is 3. The van der Waals surface area contributed by atoms with E-state index in [2.05, 4.69) is 5.32 Å². The predicted octanol–water partition coefficient (Wildman–Crippen LogP) is -0.838. The lowest BCUT2D eigenvalue weighted by molar-refractivity contribution is -0.139. The number of alkyl halides is 3. The molecular weight excluding hydrogens is 229 g/mol. The number of carbonyl (C=O) groups is 2. The zero-order valence-electron chi connectivity index (χ0n) is 8.17. The minimum Gasteiger partial charge on any atom is -0.390 e. The number of amides is 2. The summed E-state index contributed by atoms with van der Waals surface area (Å²) in [7, 11) is 0. The highest BCUT2D eigenvalue weighted by Gasteiger charge is 2.39. The summed E-state index contributed by atoms with van der Waals surface area (Å²) in [6.07, 6.45) is -6.70. The normalized spacial score (nSPS) is 25.4. The number of nitrogens with one attached hydrogen (secondary N) is 2. The molecule has 0 aromatic heterocycles. The van der Waals surface area contributed by atoms with Gasteiger partial charge in [-0.1, -0.05) is 0 Å². The van der Waals surface area contributed by atoms with Crippen molar-refractivity contribution in [1.29, 1.82) is 0 Å². The Morgan fingerprint density at radius 3 is 2.62 bits per heavy atom. The van der Waals surface area contributed by atoms with Gasteiger partial charge in [0, 0.05) is 13.1 Å². The number of aliphatic hydroxyl groups is 1. The van der Waals surface area contributed by atoms with Crippen molar-refractivity contribution in [3.8, 4) is 0 Å². The molecule has 0 aromatic rings. The van der Waals surface area contributed by atoms with E-state index in [-0.39, 0.29) is 6.54 Å². The van der Waals surface area contributed by atoms with Gasteiger partial charge >= 0.3 is 6.18 Å². The van der Waals surface area contributed by atoms with Crippen molar-refractivity contribution < 1.29 is 27.9 Å². The van der Waals surface area contributed by atoms with Crippen LogP contribution in [0.3, 0.4) is 0 Å². The first-order valence-corrected chi connectivity index (χ1v) is 4.61. The van der Waals surface area contributed by atoms with Crippen molar-refractivity contribution in [3.05, 3.63) is 0 Å². The molecule has 0 aliphatic carbocycles. The van der Waals surface area contributed by atoms with Crippen molar-refractivity contribution in [1.82, 2.24) is 10.6 Å². The van der Waals surface area contributed by atoms with E-state index in [0.29, 0.717) is 0 Å². The van der Waals surface area contributed by atoms with Gasteiger partial charge in [0.05, 0.1) is 12.5 Å². The Balaban J connectivity index is 2.38. The molecule has 1 rings (SSSR count). The van der Waals surface area contributed by atoms with Crippen LogP contribution >= 0.6 is 0 Å². The van der Waals surface area contributed by atoms with E-state index in [9.17, 15) is 27.9 Å². The fourth-order valence-corrected chi connectivity index (χ4v) is 1.34. The van der Waals surface area contributed by atoms with E-state index < -0.39 is 43.0 Å². The highest BCUT2D eigenvalue weighted by Crippen LogP contribution is 2.18. The molecule has 0 aromatic carbocycles. The monoisotopic (exact) mass is 240 g/mol. The zero-order valence-corrected chi connectivity index (χ0v) is 8.17. The number of aliphatic hydroxyl groups excluding tert-OH is 1. The smallest absolute Gasteiger partial charge is 0.390 e. The maximum Gasteiger partial charge on any atom is 0.390 e. The van der Waals surface area contributed by atoms with Gasteiger partial charge in [-0.25, -0.2) is 0 Å². The number of carbonyl (C=O) groups excluding carboxylic acids is 2. The molecule has 1 aliphatic rings. The molecule has 0 radical (unpaired) electrons. The SMILES string of the molecule is O=C(NCCC(F)(F)F)C1C(=O)NCC1O. The highest BCUT2D eigenvalue weighted by molar-refractivity contribution is 6.02. The van der Waals surface area contributed by atoms with E-state index in [4.69, 9.17) is 0 Å². The second-order valence-electron chi connectivity index (χ2n) is 3.45. The maximum atomic E-state index is 11.8. The minimum atomic E-state index is -4.36. The first kappa shape index (κ1) is 12.8. The average molecular weight is 240 g/mol. The molecule has 1 fully saturated rings. The van der Waals surface area contributed by atoms with Crippen LogP contribution in [0.1, 0.15) is 6.42 Å². The highest BCUT2D eigenvalue weighted by atomic mass is 19.4. The fraction of sp³-hybridized carbons (Fsp3) is 0.750. The summed E-state index contributed by atoms with van der Waals surface area (Å²) in [5.74, 6) is -2.86. The van der Waals surface area contributed by atoms with Gasteiger partial charge in [0.25, 0.3) is 0 Å². The summed E-state index contributed by atoms with van der Waals surface area (Å²) in [6.45, 7) is -0.658. The fourth-order valence-electron chi connectivity index (χ4n) is 1.34. The molecule has 3 N–H and O–H groups in total. The molecule has 0 spiro atoms. The molecule has 0 bridgehead atoms. The van der Waals surface area contributed by atoms with Crippen molar-refractivity contribution >= 4 is 11.8 Å².